The molecule has 0 aliphatic heterocycles. The first-order valence-electron chi connectivity index (χ1n) is 10.8. The number of amides is 2. The summed E-state index contributed by atoms with van der Waals surface area (Å²) in [7, 11) is 1.62. The van der Waals surface area contributed by atoms with E-state index in [1.165, 1.54) is 6.26 Å². The Kier molecular flexibility index (Phi) is 9.94. The summed E-state index contributed by atoms with van der Waals surface area (Å²) in [6, 6.07) is 9.07. The van der Waals surface area contributed by atoms with E-state index < -0.39 is 0 Å². The Morgan fingerprint density at radius 2 is 2.00 bits per heavy atom. The third kappa shape index (κ3) is 8.00. The lowest BCUT2D eigenvalue weighted by molar-refractivity contribution is -0.132. The van der Waals surface area contributed by atoms with Gasteiger partial charge in [0.2, 0.25) is 5.91 Å². The highest BCUT2D eigenvalue weighted by Crippen LogP contribution is 2.29. The average Bonchev–Trinajstić information content (AvgIpc) is 3.30. The number of rotatable bonds is 13. The minimum atomic E-state index is -0.269. The van der Waals surface area contributed by atoms with Crippen LogP contribution in [0.15, 0.2) is 41.0 Å². The van der Waals surface area contributed by atoms with E-state index in [9.17, 15) is 9.59 Å². The van der Waals surface area contributed by atoms with E-state index in [2.05, 4.69) is 19.2 Å². The predicted octanol–water partition coefficient (Wildman–Crippen LogP) is 4.27. The van der Waals surface area contributed by atoms with Crippen LogP contribution in [0.5, 0.6) is 11.5 Å². The van der Waals surface area contributed by atoms with Crippen molar-refractivity contribution in [2.45, 2.75) is 46.6 Å². The molecule has 0 saturated carbocycles. The van der Waals surface area contributed by atoms with Gasteiger partial charge in [0.05, 0.1) is 20.0 Å². The van der Waals surface area contributed by atoms with E-state index in [-0.39, 0.29) is 17.6 Å². The molecular formula is C24H34N2O5. The summed E-state index contributed by atoms with van der Waals surface area (Å²) < 4.78 is 16.3. The maximum atomic E-state index is 12.7. The van der Waals surface area contributed by atoms with Crippen LogP contribution in [0.4, 0.5) is 0 Å². The molecule has 1 heterocycles. The fourth-order valence-corrected chi connectivity index (χ4v) is 3.06. The maximum absolute atomic E-state index is 12.7. The number of hydrogen-bond donors (Lipinski definition) is 1. The second kappa shape index (κ2) is 12.7. The fraction of sp³-hybridized carbons (Fsp3) is 0.500. The molecule has 7 heteroatoms. The van der Waals surface area contributed by atoms with Gasteiger partial charge in [-0.05, 0) is 48.6 Å². The molecule has 2 aromatic rings. The van der Waals surface area contributed by atoms with Crippen molar-refractivity contribution < 1.29 is 23.5 Å². The number of carbonyl (C=O) groups excluding carboxylic acids is 2. The SMILES string of the molecule is CCCN(Cc1ccc(OCC(C)C)c(OC)c1)C(=O)CCCNC(=O)c1ccco1. The maximum Gasteiger partial charge on any atom is 0.286 e. The van der Waals surface area contributed by atoms with Gasteiger partial charge in [-0.1, -0.05) is 26.8 Å². The molecule has 0 saturated heterocycles. The van der Waals surface area contributed by atoms with Gasteiger partial charge in [-0.15, -0.1) is 0 Å². The fourth-order valence-electron chi connectivity index (χ4n) is 3.06. The van der Waals surface area contributed by atoms with Crippen molar-refractivity contribution in [3.63, 3.8) is 0 Å². The van der Waals surface area contributed by atoms with Crippen LogP contribution in [0.25, 0.3) is 0 Å². The zero-order chi connectivity index (χ0) is 22.6. The Labute approximate surface area is 184 Å². The highest BCUT2D eigenvalue weighted by atomic mass is 16.5. The minimum absolute atomic E-state index is 0.0631. The molecule has 0 fully saturated rings. The van der Waals surface area contributed by atoms with E-state index in [1.54, 1.807) is 19.2 Å². The Morgan fingerprint density at radius 1 is 1.19 bits per heavy atom. The van der Waals surface area contributed by atoms with Crippen molar-refractivity contribution in [3.8, 4) is 11.5 Å². The number of benzene rings is 1. The number of methoxy groups -OCH3 is 1. The largest absolute Gasteiger partial charge is 0.493 e. The van der Waals surface area contributed by atoms with E-state index in [4.69, 9.17) is 13.9 Å². The molecule has 2 rings (SSSR count). The van der Waals surface area contributed by atoms with E-state index in [1.807, 2.05) is 30.0 Å². The molecule has 7 nitrogen and oxygen atoms in total. The van der Waals surface area contributed by atoms with Crippen molar-refractivity contribution in [2.24, 2.45) is 5.92 Å². The van der Waals surface area contributed by atoms with Crippen LogP contribution in [0.3, 0.4) is 0 Å². The number of hydrogen-bond acceptors (Lipinski definition) is 5. The van der Waals surface area contributed by atoms with Crippen molar-refractivity contribution >= 4 is 11.8 Å². The van der Waals surface area contributed by atoms with Gasteiger partial charge in [0.1, 0.15) is 0 Å². The molecule has 0 aliphatic carbocycles. The summed E-state index contributed by atoms with van der Waals surface area (Å²) in [5, 5.41) is 2.77. The Hall–Kier alpha value is -2.96. The molecule has 31 heavy (non-hydrogen) atoms. The lowest BCUT2D eigenvalue weighted by Gasteiger charge is -2.23. The normalized spacial score (nSPS) is 10.7. The predicted molar refractivity (Wildman–Crippen MR) is 119 cm³/mol. The standard InChI is InChI=1S/C24H34N2O5/c1-5-13-26(23(27)9-6-12-25-24(28)21-8-7-14-30-21)16-19-10-11-20(22(15-19)29-4)31-17-18(2)3/h7-8,10-11,14-15,18H,5-6,9,12-13,16-17H2,1-4H3,(H,25,28). The lowest BCUT2D eigenvalue weighted by atomic mass is 10.1. The van der Waals surface area contributed by atoms with Crippen molar-refractivity contribution in [1.82, 2.24) is 10.2 Å². The number of ether oxygens (including phenoxy) is 2. The summed E-state index contributed by atoms with van der Waals surface area (Å²) in [5.74, 6) is 1.87. The van der Waals surface area contributed by atoms with Crippen LogP contribution in [0, 0.1) is 5.92 Å². The molecule has 2 amide bonds. The molecular weight excluding hydrogens is 396 g/mol. The van der Waals surface area contributed by atoms with Crippen molar-refractivity contribution in [3.05, 3.63) is 47.9 Å². The van der Waals surface area contributed by atoms with Gasteiger partial charge < -0.3 is 24.1 Å². The molecule has 0 bridgehead atoms. The van der Waals surface area contributed by atoms with E-state index in [0.29, 0.717) is 56.5 Å². The first kappa shape index (κ1) is 24.3. The first-order chi connectivity index (χ1) is 14.9. The number of furan rings is 1. The molecule has 0 unspecified atom stereocenters. The van der Waals surface area contributed by atoms with Gasteiger partial charge in [0.15, 0.2) is 17.3 Å². The van der Waals surface area contributed by atoms with Crippen LogP contribution < -0.4 is 14.8 Å². The molecule has 0 radical (unpaired) electrons. The molecule has 1 aromatic heterocycles. The van der Waals surface area contributed by atoms with Gasteiger partial charge in [-0.2, -0.15) is 0 Å². The highest BCUT2D eigenvalue weighted by molar-refractivity contribution is 5.91. The molecule has 1 aromatic carbocycles. The zero-order valence-electron chi connectivity index (χ0n) is 19.0. The lowest BCUT2D eigenvalue weighted by Crippen LogP contribution is -2.32. The van der Waals surface area contributed by atoms with Gasteiger partial charge in [-0.25, -0.2) is 0 Å². The van der Waals surface area contributed by atoms with Crippen LogP contribution in [0.1, 0.15) is 56.2 Å². The summed E-state index contributed by atoms with van der Waals surface area (Å²) >= 11 is 0. The highest BCUT2D eigenvalue weighted by Gasteiger charge is 2.15. The van der Waals surface area contributed by atoms with Crippen molar-refractivity contribution in [2.75, 3.05) is 26.8 Å². The second-order valence-electron chi connectivity index (χ2n) is 7.84. The second-order valence-corrected chi connectivity index (χ2v) is 7.84. The van der Waals surface area contributed by atoms with Crippen LogP contribution in [0.2, 0.25) is 0 Å². The number of nitrogens with one attached hydrogen (secondary N) is 1. The molecule has 0 atom stereocenters. The smallest absolute Gasteiger partial charge is 0.286 e. The zero-order valence-corrected chi connectivity index (χ0v) is 19.0. The summed E-state index contributed by atoms with van der Waals surface area (Å²) in [6.45, 7) is 8.45. The molecule has 1 N–H and O–H groups in total. The summed E-state index contributed by atoms with van der Waals surface area (Å²) in [4.78, 5) is 26.5. The average molecular weight is 431 g/mol. The van der Waals surface area contributed by atoms with Crippen LogP contribution in [-0.4, -0.2) is 43.5 Å². The van der Waals surface area contributed by atoms with Crippen LogP contribution >= 0.6 is 0 Å². The molecule has 0 spiro atoms. The number of carbonyl (C=O) groups is 2. The monoisotopic (exact) mass is 430 g/mol. The van der Waals surface area contributed by atoms with E-state index >= 15 is 0 Å². The van der Waals surface area contributed by atoms with Gasteiger partial charge in [0, 0.05) is 26.1 Å². The first-order valence-corrected chi connectivity index (χ1v) is 10.8. The minimum Gasteiger partial charge on any atom is -0.493 e. The summed E-state index contributed by atoms with van der Waals surface area (Å²) in [5.41, 5.74) is 0.988. The van der Waals surface area contributed by atoms with Crippen molar-refractivity contribution in [1.29, 1.82) is 0 Å². The van der Waals surface area contributed by atoms with E-state index in [0.717, 1.165) is 12.0 Å². The Morgan fingerprint density at radius 3 is 2.65 bits per heavy atom. The molecule has 170 valence electrons. The van der Waals surface area contributed by atoms with Gasteiger partial charge in [-0.3, -0.25) is 9.59 Å². The quantitative estimate of drug-likeness (QED) is 0.480. The Balaban J connectivity index is 1.89. The number of nitrogens with zero attached hydrogens (tertiary/aromatic N) is 1. The third-order valence-corrected chi connectivity index (χ3v) is 4.62. The molecule has 0 aliphatic rings. The summed E-state index contributed by atoms with van der Waals surface area (Å²) in [6.07, 6.45) is 3.26. The van der Waals surface area contributed by atoms with Gasteiger partial charge in [0.25, 0.3) is 5.91 Å². The third-order valence-electron chi connectivity index (χ3n) is 4.62. The van der Waals surface area contributed by atoms with Gasteiger partial charge >= 0.3 is 0 Å². The topological polar surface area (TPSA) is 81.0 Å². The van der Waals surface area contributed by atoms with Crippen LogP contribution in [-0.2, 0) is 11.3 Å². The Bertz CT molecular complexity index is 817.